The Morgan fingerprint density at radius 1 is 0.627 bits per heavy atom. The first-order chi connectivity index (χ1) is 25.1. The number of H-pyrrole nitrogens is 1. The Morgan fingerprint density at radius 2 is 1.22 bits per heavy atom. The normalized spacial score (nSPS) is 12.9. The zero-order chi connectivity index (χ0) is 34.7. The molecule has 0 saturated heterocycles. The smallest absolute Gasteiger partial charge is 0.303 e. The maximum Gasteiger partial charge on any atom is 0.348 e. The number of hydrogen-bond donors (Lipinski definition) is 2. The Bertz CT molecular complexity index is 2100. The fourth-order valence-electron chi connectivity index (χ4n) is 6.31. The second-order valence-electron chi connectivity index (χ2n) is 12.5. The van der Waals surface area contributed by atoms with Gasteiger partial charge >= 0.3 is 7.60 Å². The summed E-state index contributed by atoms with van der Waals surface area (Å²) in [6, 6.07) is 52.5. The molecule has 2 unspecified atom stereocenters. The van der Waals surface area contributed by atoms with Gasteiger partial charge in [-0.3, -0.25) is 9.88 Å². The van der Waals surface area contributed by atoms with Gasteiger partial charge in [0.1, 0.15) is 5.78 Å². The summed E-state index contributed by atoms with van der Waals surface area (Å²) in [4.78, 5) is 0. The molecule has 8 nitrogen and oxygen atoms in total. The van der Waals surface area contributed by atoms with Crippen LogP contribution in [0, 0.1) is 0 Å². The number of tetrazole rings is 1. The molecule has 2 N–H and O–H groups in total. The van der Waals surface area contributed by atoms with Crippen LogP contribution in [0.5, 0.6) is 0 Å². The monoisotopic (exact) mass is 693 g/mol. The van der Waals surface area contributed by atoms with Gasteiger partial charge in [-0.05, 0) is 73.8 Å². The van der Waals surface area contributed by atoms with Gasteiger partial charge in [0.15, 0.2) is 5.82 Å². The van der Waals surface area contributed by atoms with E-state index in [9.17, 15) is 0 Å². The van der Waals surface area contributed by atoms with Crippen molar-refractivity contribution in [1.29, 1.82) is 0 Å². The average Bonchev–Trinajstić information content (AvgIpc) is 3.74. The van der Waals surface area contributed by atoms with Crippen molar-refractivity contribution in [2.24, 2.45) is 0 Å². The third-order valence-electron chi connectivity index (χ3n) is 9.04. The molecule has 9 heteroatoms. The van der Waals surface area contributed by atoms with Crippen LogP contribution in [0.15, 0.2) is 158 Å². The first kappa shape index (κ1) is 34.2. The van der Waals surface area contributed by atoms with Crippen molar-refractivity contribution in [1.82, 2.24) is 25.9 Å². The molecule has 0 aliphatic rings. The lowest BCUT2D eigenvalue weighted by molar-refractivity contribution is 0.176. The number of aromatic nitrogens is 4. The summed E-state index contributed by atoms with van der Waals surface area (Å²) in [6.07, 6.45) is 1.65. The van der Waals surface area contributed by atoms with Crippen molar-refractivity contribution in [2.75, 3.05) is 0 Å². The molecule has 0 aliphatic heterocycles. The molecular weight excluding hydrogens is 653 g/mol. The van der Waals surface area contributed by atoms with Crippen LogP contribution in [0.25, 0.3) is 21.9 Å². The number of aryl methyl sites for hydroxylation is 1. The van der Waals surface area contributed by atoms with E-state index in [-0.39, 0.29) is 13.2 Å². The summed E-state index contributed by atoms with van der Waals surface area (Å²) in [5.41, 5.74) is 6.32. The molecule has 7 rings (SSSR count). The SMILES string of the molecule is O=P(OCc1ccccc1)(OCc1ccccc1)C(CCc1cccc2ccccc12)NC(Cc1ccc(-c2ccccc2)cc1)c1nnn[nH]1. The van der Waals surface area contributed by atoms with E-state index in [0.717, 1.165) is 38.8 Å². The van der Waals surface area contributed by atoms with Crippen LogP contribution in [-0.2, 0) is 39.7 Å². The summed E-state index contributed by atoms with van der Waals surface area (Å²) in [7, 11) is -3.86. The van der Waals surface area contributed by atoms with Crippen LogP contribution in [0.2, 0.25) is 0 Å². The van der Waals surface area contributed by atoms with Crippen molar-refractivity contribution in [3.05, 3.63) is 186 Å². The molecule has 0 saturated carbocycles. The molecule has 1 heterocycles. The minimum absolute atomic E-state index is 0.134. The molecule has 2 atom stereocenters. The minimum Gasteiger partial charge on any atom is -0.303 e. The van der Waals surface area contributed by atoms with E-state index in [2.05, 4.69) is 98.7 Å². The molecule has 0 amide bonds. The number of aromatic amines is 1. The van der Waals surface area contributed by atoms with Crippen LogP contribution in [0.4, 0.5) is 0 Å². The van der Waals surface area contributed by atoms with E-state index in [1.807, 2.05) is 84.9 Å². The molecule has 51 heavy (non-hydrogen) atoms. The number of rotatable bonds is 16. The van der Waals surface area contributed by atoms with Gasteiger partial charge in [0, 0.05) is 0 Å². The molecule has 0 aliphatic carbocycles. The largest absolute Gasteiger partial charge is 0.348 e. The average molecular weight is 694 g/mol. The number of fused-ring (bicyclic) bond motifs is 1. The van der Waals surface area contributed by atoms with Crippen LogP contribution < -0.4 is 5.32 Å². The second-order valence-corrected chi connectivity index (χ2v) is 14.7. The van der Waals surface area contributed by atoms with Crippen LogP contribution in [-0.4, -0.2) is 26.4 Å². The Morgan fingerprint density at radius 3 is 1.86 bits per heavy atom. The number of benzene rings is 6. The topological polar surface area (TPSA) is 102 Å². The minimum atomic E-state index is -3.86. The Kier molecular flexibility index (Phi) is 11.2. The highest BCUT2D eigenvalue weighted by Gasteiger charge is 2.38. The van der Waals surface area contributed by atoms with E-state index < -0.39 is 19.4 Å². The zero-order valence-corrected chi connectivity index (χ0v) is 29.1. The molecule has 0 radical (unpaired) electrons. The third kappa shape index (κ3) is 8.92. The zero-order valence-electron chi connectivity index (χ0n) is 28.2. The fourth-order valence-corrected chi connectivity index (χ4v) is 8.21. The predicted molar refractivity (Wildman–Crippen MR) is 202 cm³/mol. The lowest BCUT2D eigenvalue weighted by Crippen LogP contribution is -2.36. The van der Waals surface area contributed by atoms with Crippen LogP contribution >= 0.6 is 7.60 Å². The first-order valence-electron chi connectivity index (χ1n) is 17.2. The molecular formula is C42H40N5O3P. The number of nitrogens with zero attached hydrogens (tertiary/aromatic N) is 3. The van der Waals surface area contributed by atoms with Gasteiger partial charge in [0.05, 0.1) is 19.3 Å². The van der Waals surface area contributed by atoms with Gasteiger partial charge in [0.2, 0.25) is 0 Å². The van der Waals surface area contributed by atoms with Gasteiger partial charge in [0.25, 0.3) is 0 Å². The van der Waals surface area contributed by atoms with Gasteiger partial charge in [-0.25, -0.2) is 5.10 Å². The Hall–Kier alpha value is -5.24. The predicted octanol–water partition coefficient (Wildman–Crippen LogP) is 9.48. The number of hydrogen-bond acceptors (Lipinski definition) is 7. The summed E-state index contributed by atoms with van der Waals surface area (Å²) >= 11 is 0. The molecule has 7 aromatic rings. The van der Waals surface area contributed by atoms with Crippen molar-refractivity contribution in [3.63, 3.8) is 0 Å². The van der Waals surface area contributed by atoms with Crippen molar-refractivity contribution >= 4 is 18.4 Å². The van der Waals surface area contributed by atoms with E-state index in [1.165, 1.54) is 5.39 Å². The lowest BCUT2D eigenvalue weighted by Gasteiger charge is -2.31. The van der Waals surface area contributed by atoms with E-state index in [0.29, 0.717) is 25.1 Å². The molecule has 0 fully saturated rings. The fraction of sp³-hybridized carbons (Fsp3) is 0.167. The highest BCUT2D eigenvalue weighted by atomic mass is 31.2. The van der Waals surface area contributed by atoms with Crippen molar-refractivity contribution < 1.29 is 13.6 Å². The van der Waals surface area contributed by atoms with E-state index in [4.69, 9.17) is 9.05 Å². The molecule has 6 aromatic carbocycles. The van der Waals surface area contributed by atoms with Gasteiger partial charge in [-0.1, -0.05) is 158 Å². The summed E-state index contributed by atoms with van der Waals surface area (Å²) in [5.74, 6) is -0.169. The molecule has 256 valence electrons. The third-order valence-corrected chi connectivity index (χ3v) is 11.2. The van der Waals surface area contributed by atoms with Crippen molar-refractivity contribution in [3.8, 4) is 11.1 Å². The highest BCUT2D eigenvalue weighted by molar-refractivity contribution is 7.54. The first-order valence-corrected chi connectivity index (χ1v) is 18.8. The lowest BCUT2D eigenvalue weighted by atomic mass is 9.99. The maximum atomic E-state index is 15.3. The highest BCUT2D eigenvalue weighted by Crippen LogP contribution is 2.55. The van der Waals surface area contributed by atoms with E-state index in [1.54, 1.807) is 0 Å². The Balaban J connectivity index is 1.22. The maximum absolute atomic E-state index is 15.3. The molecule has 0 spiro atoms. The number of nitrogens with one attached hydrogen (secondary N) is 2. The quantitative estimate of drug-likeness (QED) is 0.0973. The van der Waals surface area contributed by atoms with E-state index >= 15 is 4.57 Å². The van der Waals surface area contributed by atoms with Gasteiger partial charge < -0.3 is 9.05 Å². The molecule has 0 bridgehead atoms. The summed E-state index contributed by atoms with van der Waals surface area (Å²) in [5, 5.41) is 21.1. The standard InChI is InChI=1S/C42H40N5O3P/c48-51(49-30-33-13-4-1-5-14-33,50-31-34-15-6-2-7-16-34)41(28-27-38-21-12-20-37-19-10-11-22-39(37)38)43-40(42-44-46-47-45-42)29-32-23-25-36(26-24-32)35-17-8-3-9-18-35/h1-26,40-41,43H,27-31H2,(H,44,45,46,47). The molecule has 1 aromatic heterocycles. The van der Waals surface area contributed by atoms with Gasteiger partial charge in [-0.2, -0.15) is 0 Å². The van der Waals surface area contributed by atoms with Gasteiger partial charge in [-0.15, -0.1) is 5.10 Å². The second kappa shape index (κ2) is 16.6. The van der Waals surface area contributed by atoms with Crippen LogP contribution in [0.3, 0.4) is 0 Å². The summed E-state index contributed by atoms with van der Waals surface area (Å²) < 4.78 is 28.2. The Labute approximate surface area is 298 Å². The van der Waals surface area contributed by atoms with Crippen molar-refractivity contribution in [2.45, 2.75) is 44.3 Å². The summed E-state index contributed by atoms with van der Waals surface area (Å²) in [6.45, 7) is 0.268. The van der Waals surface area contributed by atoms with Crippen LogP contribution in [0.1, 0.15) is 40.5 Å².